The van der Waals surface area contributed by atoms with Crippen LogP contribution in [0.25, 0.3) is 0 Å². The van der Waals surface area contributed by atoms with Crippen LogP contribution in [0.5, 0.6) is 11.5 Å². The maximum absolute atomic E-state index is 6.19. The van der Waals surface area contributed by atoms with Gasteiger partial charge in [0.15, 0.2) is 0 Å². The van der Waals surface area contributed by atoms with Crippen molar-refractivity contribution in [2.24, 2.45) is 5.73 Å². The van der Waals surface area contributed by atoms with Crippen LogP contribution >= 0.6 is 0 Å². The maximum Gasteiger partial charge on any atom is 0.126 e. The first-order chi connectivity index (χ1) is 8.90. The Bertz CT molecular complexity index is 447. The minimum atomic E-state index is -0.241. The highest BCUT2D eigenvalue weighted by atomic mass is 16.5. The van der Waals surface area contributed by atoms with E-state index < -0.39 is 0 Å². The molecule has 0 unspecified atom stereocenters. The summed E-state index contributed by atoms with van der Waals surface area (Å²) in [5.74, 6) is 1.63. The molecule has 1 aromatic carbocycles. The fraction of sp³-hybridized carbons (Fsp3) is 0.600. The van der Waals surface area contributed by atoms with Crippen molar-refractivity contribution in [1.29, 1.82) is 0 Å². The second kappa shape index (κ2) is 5.02. The van der Waals surface area contributed by atoms with Gasteiger partial charge in [0.25, 0.3) is 0 Å². The first-order valence-corrected chi connectivity index (χ1v) is 6.49. The molecule has 19 heavy (non-hydrogen) atoms. The fourth-order valence-electron chi connectivity index (χ4n) is 2.81. The van der Waals surface area contributed by atoms with Crippen LogP contribution in [0.2, 0.25) is 0 Å². The van der Waals surface area contributed by atoms with Gasteiger partial charge in [0.1, 0.15) is 11.5 Å². The fourth-order valence-corrected chi connectivity index (χ4v) is 2.81. The molecule has 0 amide bonds. The Kier molecular flexibility index (Phi) is 3.74. The Morgan fingerprint density at radius 3 is 2.37 bits per heavy atom. The van der Waals surface area contributed by atoms with Gasteiger partial charge in [0, 0.05) is 22.6 Å². The predicted octanol–water partition coefficient (Wildman–Crippen LogP) is 2.10. The van der Waals surface area contributed by atoms with Gasteiger partial charge in [0.2, 0.25) is 0 Å². The van der Waals surface area contributed by atoms with Crippen molar-refractivity contribution in [2.75, 3.05) is 27.4 Å². The molecule has 0 atom stereocenters. The summed E-state index contributed by atoms with van der Waals surface area (Å²) in [4.78, 5) is 0. The van der Waals surface area contributed by atoms with Crippen molar-refractivity contribution in [2.45, 2.75) is 31.2 Å². The highest BCUT2D eigenvalue weighted by molar-refractivity contribution is 5.46. The van der Waals surface area contributed by atoms with Gasteiger partial charge >= 0.3 is 0 Å². The van der Waals surface area contributed by atoms with Crippen LogP contribution in [0.1, 0.15) is 25.8 Å². The zero-order valence-corrected chi connectivity index (χ0v) is 12.2. The highest BCUT2D eigenvalue weighted by Gasteiger charge is 2.45. The van der Waals surface area contributed by atoms with Gasteiger partial charge < -0.3 is 19.9 Å². The van der Waals surface area contributed by atoms with Gasteiger partial charge in [-0.2, -0.15) is 0 Å². The molecule has 4 heteroatoms. The third-order valence-electron chi connectivity index (χ3n) is 3.53. The van der Waals surface area contributed by atoms with Crippen molar-refractivity contribution < 1.29 is 14.2 Å². The van der Waals surface area contributed by atoms with Crippen LogP contribution < -0.4 is 15.2 Å². The minimum absolute atomic E-state index is 0.0458. The maximum atomic E-state index is 6.19. The summed E-state index contributed by atoms with van der Waals surface area (Å²) in [6.07, 6.45) is 0.864. The molecule has 106 valence electrons. The summed E-state index contributed by atoms with van der Waals surface area (Å²) in [7, 11) is 3.33. The first kappa shape index (κ1) is 14.2. The Morgan fingerprint density at radius 2 is 1.95 bits per heavy atom. The van der Waals surface area contributed by atoms with Gasteiger partial charge in [-0.1, -0.05) is 6.07 Å². The third-order valence-corrected chi connectivity index (χ3v) is 3.53. The Morgan fingerprint density at radius 1 is 1.26 bits per heavy atom. The van der Waals surface area contributed by atoms with E-state index in [9.17, 15) is 0 Å². The van der Waals surface area contributed by atoms with E-state index in [1.807, 2.05) is 26.0 Å². The lowest BCUT2D eigenvalue weighted by Gasteiger charge is -2.46. The number of hydrogen-bond acceptors (Lipinski definition) is 4. The SMILES string of the molecule is COc1ccc(C2(CC(C)(C)N)COC2)c(OC)c1. The number of ether oxygens (including phenoxy) is 3. The average molecular weight is 265 g/mol. The van der Waals surface area contributed by atoms with Crippen molar-refractivity contribution in [3.8, 4) is 11.5 Å². The van der Waals surface area contributed by atoms with E-state index in [1.165, 1.54) is 0 Å². The first-order valence-electron chi connectivity index (χ1n) is 6.49. The lowest BCUT2D eigenvalue weighted by molar-refractivity contribution is -0.0727. The number of hydrogen-bond donors (Lipinski definition) is 1. The zero-order valence-electron chi connectivity index (χ0n) is 12.2. The number of nitrogens with two attached hydrogens (primary N) is 1. The van der Waals surface area contributed by atoms with Crippen LogP contribution in [0, 0.1) is 0 Å². The van der Waals surface area contributed by atoms with E-state index in [1.54, 1.807) is 14.2 Å². The number of methoxy groups -OCH3 is 2. The second-order valence-corrected chi connectivity index (χ2v) is 6.00. The third kappa shape index (κ3) is 2.85. The summed E-state index contributed by atoms with van der Waals surface area (Å²) in [6.45, 7) is 5.47. The molecule has 0 aromatic heterocycles. The van der Waals surface area contributed by atoms with Crippen molar-refractivity contribution in [1.82, 2.24) is 0 Å². The quantitative estimate of drug-likeness (QED) is 0.886. The van der Waals surface area contributed by atoms with Crippen molar-refractivity contribution in [3.05, 3.63) is 23.8 Å². The van der Waals surface area contributed by atoms with Gasteiger partial charge in [-0.25, -0.2) is 0 Å². The van der Waals surface area contributed by atoms with Gasteiger partial charge in [0.05, 0.1) is 27.4 Å². The monoisotopic (exact) mass is 265 g/mol. The summed E-state index contributed by atoms with van der Waals surface area (Å²) in [5.41, 5.74) is 7.06. The highest BCUT2D eigenvalue weighted by Crippen LogP contribution is 2.44. The summed E-state index contributed by atoms with van der Waals surface area (Å²) >= 11 is 0. The lowest BCUT2D eigenvalue weighted by Crippen LogP contribution is -2.53. The van der Waals surface area contributed by atoms with Crippen molar-refractivity contribution in [3.63, 3.8) is 0 Å². The van der Waals surface area contributed by atoms with Crippen LogP contribution in [0.15, 0.2) is 18.2 Å². The molecule has 1 heterocycles. The molecule has 0 radical (unpaired) electrons. The Labute approximate surface area is 114 Å². The zero-order chi connectivity index (χ0) is 14.1. The van der Waals surface area contributed by atoms with E-state index >= 15 is 0 Å². The molecule has 0 saturated carbocycles. The van der Waals surface area contributed by atoms with E-state index in [0.29, 0.717) is 13.2 Å². The molecule has 4 nitrogen and oxygen atoms in total. The largest absolute Gasteiger partial charge is 0.497 e. The molecule has 1 fully saturated rings. The van der Waals surface area contributed by atoms with Gasteiger partial charge in [-0.05, 0) is 26.3 Å². The molecule has 0 spiro atoms. The van der Waals surface area contributed by atoms with E-state index in [-0.39, 0.29) is 11.0 Å². The topological polar surface area (TPSA) is 53.7 Å². The molecule has 1 aliphatic rings. The molecule has 0 bridgehead atoms. The van der Waals surface area contributed by atoms with E-state index in [4.69, 9.17) is 19.9 Å². The summed E-state index contributed by atoms with van der Waals surface area (Å²) < 4.78 is 16.2. The molecular formula is C15H23NO3. The molecule has 2 rings (SSSR count). The number of benzene rings is 1. The van der Waals surface area contributed by atoms with Crippen LogP contribution in [0.3, 0.4) is 0 Å². The second-order valence-electron chi connectivity index (χ2n) is 6.00. The lowest BCUT2D eigenvalue weighted by atomic mass is 9.70. The van der Waals surface area contributed by atoms with E-state index in [0.717, 1.165) is 23.5 Å². The van der Waals surface area contributed by atoms with E-state index in [2.05, 4.69) is 6.07 Å². The van der Waals surface area contributed by atoms with Crippen LogP contribution in [-0.2, 0) is 10.2 Å². The average Bonchev–Trinajstić information content (AvgIpc) is 2.32. The molecule has 2 N–H and O–H groups in total. The smallest absolute Gasteiger partial charge is 0.126 e. The van der Waals surface area contributed by atoms with Crippen LogP contribution in [-0.4, -0.2) is 33.0 Å². The normalized spacial score (nSPS) is 17.7. The standard InChI is InChI=1S/C15H23NO3/c1-14(2,16)8-15(9-19-10-15)12-6-5-11(17-3)7-13(12)18-4/h5-7H,8-10,16H2,1-4H3. The van der Waals surface area contributed by atoms with Gasteiger partial charge in [-0.3, -0.25) is 0 Å². The van der Waals surface area contributed by atoms with Crippen LogP contribution in [0.4, 0.5) is 0 Å². The Hall–Kier alpha value is -1.26. The Balaban J connectivity index is 2.38. The minimum Gasteiger partial charge on any atom is -0.497 e. The predicted molar refractivity (Wildman–Crippen MR) is 74.9 cm³/mol. The molecule has 1 aromatic rings. The summed E-state index contributed by atoms with van der Waals surface area (Å²) in [6, 6.07) is 5.94. The molecular weight excluding hydrogens is 242 g/mol. The van der Waals surface area contributed by atoms with Crippen molar-refractivity contribution >= 4 is 0 Å². The summed E-state index contributed by atoms with van der Waals surface area (Å²) in [5, 5.41) is 0. The number of rotatable bonds is 5. The molecule has 1 saturated heterocycles. The van der Waals surface area contributed by atoms with Gasteiger partial charge in [-0.15, -0.1) is 0 Å². The molecule has 1 aliphatic heterocycles. The molecule has 0 aliphatic carbocycles.